The van der Waals surface area contributed by atoms with Crippen molar-refractivity contribution in [3.8, 4) is 0 Å². The summed E-state index contributed by atoms with van der Waals surface area (Å²) in [5.41, 5.74) is 2.51. The molecule has 10 heteroatoms. The van der Waals surface area contributed by atoms with Gasteiger partial charge in [0, 0.05) is 10.5 Å². The number of hydrogen-bond donors (Lipinski definition) is 1. The van der Waals surface area contributed by atoms with Gasteiger partial charge in [-0.15, -0.1) is 0 Å². The van der Waals surface area contributed by atoms with Gasteiger partial charge in [-0.3, -0.25) is 4.79 Å². The van der Waals surface area contributed by atoms with E-state index in [4.69, 9.17) is 18.9 Å². The fourth-order valence-electron chi connectivity index (χ4n) is 5.12. The standard InChI is InChI=1S/C33H36F3NO5S/c1-20-15-16-23(32(2,3)4)17-25(20)43-30-26(37-31(38)33(34,35)36)28(39-18-21-11-7-5-8-12-21)27-24(41-30)19-40-29(42-27)22-13-9-6-10-14-22/h5-17,24,26-30H,18-19H2,1-4H3,(H,37,38)/t24-,26-,27-,28-,29?,30+/m1/s1. The molecule has 3 aromatic rings. The van der Waals surface area contributed by atoms with E-state index in [1.165, 1.54) is 11.8 Å². The van der Waals surface area contributed by atoms with Gasteiger partial charge >= 0.3 is 12.1 Å². The second-order valence-electron chi connectivity index (χ2n) is 11.8. The van der Waals surface area contributed by atoms with Crippen molar-refractivity contribution in [2.24, 2.45) is 0 Å². The Labute approximate surface area is 254 Å². The number of carbonyl (C=O) groups excluding carboxylic acids is 1. The fourth-order valence-corrected chi connectivity index (χ4v) is 6.39. The first-order chi connectivity index (χ1) is 20.4. The molecular formula is C33H36F3NO5S. The van der Waals surface area contributed by atoms with Gasteiger partial charge in [0.25, 0.3) is 0 Å². The first-order valence-corrected chi connectivity index (χ1v) is 15.1. The topological polar surface area (TPSA) is 66.0 Å². The van der Waals surface area contributed by atoms with Gasteiger partial charge < -0.3 is 24.3 Å². The van der Waals surface area contributed by atoms with Crippen LogP contribution < -0.4 is 5.32 Å². The lowest BCUT2D eigenvalue weighted by molar-refractivity contribution is -0.313. The maximum Gasteiger partial charge on any atom is 0.471 e. The third kappa shape index (κ3) is 7.61. The third-order valence-corrected chi connectivity index (χ3v) is 8.88. The highest BCUT2D eigenvalue weighted by molar-refractivity contribution is 7.99. The lowest BCUT2D eigenvalue weighted by Crippen LogP contribution is -2.67. The van der Waals surface area contributed by atoms with Crippen molar-refractivity contribution in [1.29, 1.82) is 0 Å². The van der Waals surface area contributed by atoms with Gasteiger partial charge in [0.1, 0.15) is 23.7 Å². The summed E-state index contributed by atoms with van der Waals surface area (Å²) in [5.74, 6) is -2.06. The Morgan fingerprint density at radius 1 is 0.977 bits per heavy atom. The van der Waals surface area contributed by atoms with E-state index in [1.54, 1.807) is 0 Å². The molecule has 6 atom stereocenters. The maximum atomic E-state index is 13.6. The van der Waals surface area contributed by atoms with Gasteiger partial charge in [-0.1, -0.05) is 105 Å². The molecule has 3 aromatic carbocycles. The molecule has 0 aliphatic carbocycles. The average Bonchev–Trinajstić information content (AvgIpc) is 2.97. The number of amides is 1. The highest BCUT2D eigenvalue weighted by atomic mass is 32.2. The zero-order chi connectivity index (χ0) is 30.8. The first kappa shape index (κ1) is 31.5. The lowest BCUT2D eigenvalue weighted by Gasteiger charge is -2.49. The minimum atomic E-state index is -5.10. The molecule has 230 valence electrons. The Bertz CT molecular complexity index is 1380. The highest BCUT2D eigenvalue weighted by Gasteiger charge is 2.53. The largest absolute Gasteiger partial charge is 0.471 e. The summed E-state index contributed by atoms with van der Waals surface area (Å²) < 4.78 is 66.1. The number of thioether (sulfide) groups is 1. The van der Waals surface area contributed by atoms with Crippen LogP contribution in [0, 0.1) is 6.92 Å². The van der Waals surface area contributed by atoms with Gasteiger partial charge in [0.05, 0.1) is 19.3 Å². The molecule has 6 nitrogen and oxygen atoms in total. The Balaban J connectivity index is 1.51. The van der Waals surface area contributed by atoms with Crippen molar-refractivity contribution >= 4 is 17.7 Å². The normalized spacial score (nSPS) is 26.0. The predicted molar refractivity (Wildman–Crippen MR) is 157 cm³/mol. The number of nitrogens with one attached hydrogen (secondary N) is 1. The van der Waals surface area contributed by atoms with Gasteiger partial charge in [-0.25, -0.2) is 0 Å². The lowest BCUT2D eigenvalue weighted by atomic mass is 9.87. The zero-order valence-electron chi connectivity index (χ0n) is 24.5. The van der Waals surface area contributed by atoms with Gasteiger partial charge in [0.15, 0.2) is 6.29 Å². The van der Waals surface area contributed by atoms with Crippen molar-refractivity contribution in [1.82, 2.24) is 5.32 Å². The quantitative estimate of drug-likeness (QED) is 0.314. The van der Waals surface area contributed by atoms with Gasteiger partial charge in [-0.2, -0.15) is 13.2 Å². The van der Waals surface area contributed by atoms with Crippen molar-refractivity contribution in [2.75, 3.05) is 6.61 Å². The summed E-state index contributed by atoms with van der Waals surface area (Å²) in [4.78, 5) is 13.3. The van der Waals surface area contributed by atoms with Crippen LogP contribution in [0.3, 0.4) is 0 Å². The number of alkyl halides is 3. The number of halogens is 3. The molecule has 2 aliphatic heterocycles. The molecule has 5 rings (SSSR count). The Morgan fingerprint density at radius 2 is 1.65 bits per heavy atom. The number of rotatable bonds is 7. The van der Waals surface area contributed by atoms with E-state index < -0.39 is 48.2 Å². The van der Waals surface area contributed by atoms with Crippen LogP contribution in [0.1, 0.15) is 49.3 Å². The summed E-state index contributed by atoms with van der Waals surface area (Å²) in [6, 6.07) is 23.4. The van der Waals surface area contributed by atoms with E-state index in [0.717, 1.165) is 27.1 Å². The van der Waals surface area contributed by atoms with Gasteiger partial charge in [0.2, 0.25) is 0 Å². The van der Waals surface area contributed by atoms with E-state index in [0.29, 0.717) is 0 Å². The molecule has 0 aromatic heterocycles. The van der Waals surface area contributed by atoms with E-state index >= 15 is 0 Å². The Hall–Kier alpha value is -2.89. The molecule has 2 heterocycles. The van der Waals surface area contributed by atoms with Crippen LogP contribution in [0.25, 0.3) is 0 Å². The Kier molecular flexibility index (Phi) is 9.53. The van der Waals surface area contributed by atoms with Gasteiger partial charge in [-0.05, 0) is 35.1 Å². The Morgan fingerprint density at radius 3 is 2.30 bits per heavy atom. The summed E-state index contributed by atoms with van der Waals surface area (Å²) >= 11 is 1.27. The number of aryl methyl sites for hydroxylation is 1. The molecule has 1 amide bonds. The molecule has 2 saturated heterocycles. The van der Waals surface area contributed by atoms with E-state index in [1.807, 2.05) is 85.8 Å². The average molecular weight is 616 g/mol. The molecule has 1 N–H and O–H groups in total. The zero-order valence-corrected chi connectivity index (χ0v) is 25.3. The minimum absolute atomic E-state index is 0.100. The van der Waals surface area contributed by atoms with Crippen molar-refractivity contribution < 1.29 is 36.9 Å². The van der Waals surface area contributed by atoms with Crippen molar-refractivity contribution in [3.63, 3.8) is 0 Å². The van der Waals surface area contributed by atoms with E-state index in [2.05, 4.69) is 26.1 Å². The molecule has 0 radical (unpaired) electrons. The number of ether oxygens (including phenoxy) is 4. The third-order valence-electron chi connectivity index (χ3n) is 7.55. The predicted octanol–water partition coefficient (Wildman–Crippen LogP) is 6.86. The molecule has 1 unspecified atom stereocenters. The molecule has 2 fully saturated rings. The van der Waals surface area contributed by atoms with Crippen LogP contribution in [-0.2, 0) is 35.8 Å². The second kappa shape index (κ2) is 13.0. The summed E-state index contributed by atoms with van der Waals surface area (Å²) in [7, 11) is 0. The molecule has 2 aliphatic rings. The van der Waals surface area contributed by atoms with Crippen LogP contribution in [0.4, 0.5) is 13.2 Å². The van der Waals surface area contributed by atoms with Crippen LogP contribution in [0.2, 0.25) is 0 Å². The van der Waals surface area contributed by atoms with Crippen LogP contribution in [0.5, 0.6) is 0 Å². The monoisotopic (exact) mass is 615 g/mol. The first-order valence-electron chi connectivity index (χ1n) is 14.2. The molecule has 43 heavy (non-hydrogen) atoms. The van der Waals surface area contributed by atoms with Crippen molar-refractivity contribution in [3.05, 3.63) is 101 Å². The minimum Gasteiger partial charge on any atom is -0.368 e. The summed E-state index contributed by atoms with van der Waals surface area (Å²) in [5, 5.41) is 2.21. The summed E-state index contributed by atoms with van der Waals surface area (Å²) in [6.45, 7) is 8.44. The van der Waals surface area contributed by atoms with Crippen LogP contribution >= 0.6 is 11.8 Å². The molecule has 0 saturated carbocycles. The van der Waals surface area contributed by atoms with Crippen LogP contribution in [-0.4, -0.2) is 48.5 Å². The smallest absolute Gasteiger partial charge is 0.368 e. The molecule has 0 spiro atoms. The summed E-state index contributed by atoms with van der Waals surface area (Å²) in [6.07, 6.45) is -8.32. The number of hydrogen-bond acceptors (Lipinski definition) is 6. The maximum absolute atomic E-state index is 13.6. The molecule has 0 bridgehead atoms. The fraction of sp³-hybridized carbons (Fsp3) is 0.424. The number of benzene rings is 3. The van der Waals surface area contributed by atoms with E-state index in [-0.39, 0.29) is 18.6 Å². The number of carbonyl (C=O) groups is 1. The second-order valence-corrected chi connectivity index (χ2v) is 13.0. The highest BCUT2D eigenvalue weighted by Crippen LogP contribution is 2.42. The van der Waals surface area contributed by atoms with Crippen LogP contribution in [0.15, 0.2) is 83.8 Å². The SMILES string of the molecule is Cc1ccc(C(C)(C)C)cc1S[C@@H]1O[C@@H]2COC(c3ccccc3)O[C@H]2[C@H](OCc2ccccc2)[C@H]1NC(=O)C(F)(F)F. The number of fused-ring (bicyclic) bond motifs is 1. The molecular weight excluding hydrogens is 579 g/mol. The van der Waals surface area contributed by atoms with E-state index in [9.17, 15) is 18.0 Å². The van der Waals surface area contributed by atoms with Crippen molar-refractivity contribution in [2.45, 2.75) is 86.9 Å².